The number of aryl methyl sites for hydroxylation is 1. The van der Waals surface area contributed by atoms with Crippen LogP contribution in [-0.4, -0.2) is 26.2 Å². The van der Waals surface area contributed by atoms with Gasteiger partial charge in [-0.3, -0.25) is 13.9 Å². The lowest BCUT2D eigenvalue weighted by molar-refractivity contribution is 0.411. The Bertz CT molecular complexity index is 1180. The van der Waals surface area contributed by atoms with Gasteiger partial charge in [-0.25, -0.2) is 9.78 Å². The van der Waals surface area contributed by atoms with Crippen molar-refractivity contribution in [2.24, 2.45) is 0 Å². The largest absolute Gasteiger partial charge is 0.496 e. The summed E-state index contributed by atoms with van der Waals surface area (Å²) in [5.74, 6) is 1.40. The van der Waals surface area contributed by atoms with Crippen LogP contribution < -0.4 is 16.0 Å². The fourth-order valence-electron chi connectivity index (χ4n) is 3.50. The number of hydrogen-bond donors (Lipinski definition) is 1. The third kappa shape index (κ3) is 3.77. The van der Waals surface area contributed by atoms with E-state index in [4.69, 9.17) is 4.74 Å². The number of nitrogens with zero attached hydrogens (tertiary/aromatic N) is 3. The molecule has 0 bridgehead atoms. The van der Waals surface area contributed by atoms with Crippen LogP contribution in [0.3, 0.4) is 0 Å². The van der Waals surface area contributed by atoms with Crippen LogP contribution in [0.5, 0.6) is 5.75 Å². The maximum Gasteiger partial charge on any atom is 0.332 e. The van der Waals surface area contributed by atoms with Crippen LogP contribution in [0.15, 0.2) is 21.7 Å². The van der Waals surface area contributed by atoms with Gasteiger partial charge in [0.2, 0.25) is 0 Å². The molecule has 3 aromatic rings. The number of aromatic amines is 1. The van der Waals surface area contributed by atoms with E-state index in [1.54, 1.807) is 11.7 Å². The van der Waals surface area contributed by atoms with Gasteiger partial charge in [0.1, 0.15) is 17.1 Å². The molecular weight excluding hydrogens is 368 g/mol. The summed E-state index contributed by atoms with van der Waals surface area (Å²) in [5, 5.41) is 0. The Hall–Kier alpha value is -3.09. The normalized spacial score (nSPS) is 11.6. The summed E-state index contributed by atoms with van der Waals surface area (Å²) in [6, 6.07) is 3.92. The van der Waals surface area contributed by atoms with E-state index in [2.05, 4.69) is 9.97 Å². The second-order valence-electron chi connectivity index (χ2n) is 7.15. The summed E-state index contributed by atoms with van der Waals surface area (Å²) in [5.41, 5.74) is 3.41. The Labute approximate surface area is 169 Å². The lowest BCUT2D eigenvalue weighted by Crippen LogP contribution is -2.40. The molecule has 0 spiro atoms. The third-order valence-corrected chi connectivity index (χ3v) is 5.19. The van der Waals surface area contributed by atoms with Gasteiger partial charge in [0.05, 0.1) is 7.11 Å². The van der Waals surface area contributed by atoms with Gasteiger partial charge in [-0.05, 0) is 55.5 Å². The molecular formula is C22H28N4O3. The quantitative estimate of drug-likeness (QED) is 0.663. The molecule has 0 aliphatic heterocycles. The van der Waals surface area contributed by atoms with Gasteiger partial charge in [0, 0.05) is 13.1 Å². The molecule has 29 heavy (non-hydrogen) atoms. The van der Waals surface area contributed by atoms with Crippen LogP contribution in [0.4, 0.5) is 0 Å². The van der Waals surface area contributed by atoms with Crippen LogP contribution >= 0.6 is 0 Å². The smallest absolute Gasteiger partial charge is 0.332 e. The van der Waals surface area contributed by atoms with Gasteiger partial charge < -0.3 is 9.72 Å². The fraction of sp³-hybridized carbons (Fsp3) is 0.409. The van der Waals surface area contributed by atoms with Crippen molar-refractivity contribution in [3.8, 4) is 5.75 Å². The van der Waals surface area contributed by atoms with Crippen molar-refractivity contribution in [2.45, 2.75) is 53.6 Å². The van der Waals surface area contributed by atoms with Crippen molar-refractivity contribution >= 4 is 23.3 Å². The number of hydrogen-bond acceptors (Lipinski definition) is 4. The number of ether oxygens (including phenoxy) is 1. The standard InChI is InChI=1S/C22H28N4O3/c1-6-12-25-20-19(21(27)26(13-7-2)22(25)28)23-18(24-20)11-9-16-8-10-17(29-5)15(4)14(16)3/h8-11H,6-7,12-13H2,1-5H3,(H,23,24)/b11-9+. The van der Waals surface area contributed by atoms with E-state index in [0.717, 1.165) is 28.9 Å². The second-order valence-corrected chi connectivity index (χ2v) is 7.15. The van der Waals surface area contributed by atoms with E-state index in [0.29, 0.717) is 36.5 Å². The number of methoxy groups -OCH3 is 1. The first-order chi connectivity index (χ1) is 13.9. The molecule has 1 N–H and O–H groups in total. The van der Waals surface area contributed by atoms with Crippen molar-refractivity contribution in [1.82, 2.24) is 19.1 Å². The third-order valence-electron chi connectivity index (χ3n) is 5.19. The molecule has 0 atom stereocenters. The first-order valence-electron chi connectivity index (χ1n) is 9.98. The molecule has 2 heterocycles. The molecule has 0 unspecified atom stereocenters. The highest BCUT2D eigenvalue weighted by Crippen LogP contribution is 2.25. The molecule has 154 valence electrons. The monoisotopic (exact) mass is 396 g/mol. The number of aromatic nitrogens is 4. The van der Waals surface area contributed by atoms with Crippen LogP contribution in [0, 0.1) is 13.8 Å². The predicted molar refractivity (Wildman–Crippen MR) is 117 cm³/mol. The van der Waals surface area contributed by atoms with Crippen LogP contribution in [0.2, 0.25) is 0 Å². The number of fused-ring (bicyclic) bond motifs is 1. The number of imidazole rings is 1. The zero-order valence-electron chi connectivity index (χ0n) is 17.7. The van der Waals surface area contributed by atoms with E-state index in [9.17, 15) is 9.59 Å². The van der Waals surface area contributed by atoms with Gasteiger partial charge in [0.25, 0.3) is 5.56 Å². The zero-order chi connectivity index (χ0) is 21.1. The van der Waals surface area contributed by atoms with Gasteiger partial charge >= 0.3 is 5.69 Å². The van der Waals surface area contributed by atoms with Crippen LogP contribution in [0.25, 0.3) is 23.3 Å². The highest BCUT2D eigenvalue weighted by molar-refractivity contribution is 5.76. The highest BCUT2D eigenvalue weighted by atomic mass is 16.5. The van der Waals surface area contributed by atoms with Crippen molar-refractivity contribution in [2.75, 3.05) is 7.11 Å². The number of benzene rings is 1. The molecule has 0 radical (unpaired) electrons. The molecule has 0 aliphatic rings. The Morgan fingerprint density at radius 2 is 1.72 bits per heavy atom. The number of H-pyrrole nitrogens is 1. The number of rotatable bonds is 7. The second kappa shape index (κ2) is 8.51. The molecule has 3 rings (SSSR count). The molecule has 7 heteroatoms. The molecule has 0 aliphatic carbocycles. The molecule has 0 fully saturated rings. The van der Waals surface area contributed by atoms with Crippen LogP contribution in [-0.2, 0) is 13.1 Å². The lowest BCUT2D eigenvalue weighted by atomic mass is 10.0. The summed E-state index contributed by atoms with van der Waals surface area (Å²) < 4.78 is 8.24. The average Bonchev–Trinajstić information content (AvgIpc) is 3.14. The Balaban J connectivity index is 2.10. The van der Waals surface area contributed by atoms with E-state index in [-0.39, 0.29) is 11.2 Å². The summed E-state index contributed by atoms with van der Waals surface area (Å²) in [4.78, 5) is 33.2. The summed E-state index contributed by atoms with van der Waals surface area (Å²) >= 11 is 0. The predicted octanol–water partition coefficient (Wildman–Crippen LogP) is 3.50. The van der Waals surface area contributed by atoms with E-state index in [1.165, 1.54) is 4.57 Å². The topological polar surface area (TPSA) is 81.9 Å². The minimum Gasteiger partial charge on any atom is -0.496 e. The van der Waals surface area contributed by atoms with Crippen molar-refractivity contribution < 1.29 is 4.74 Å². The summed E-state index contributed by atoms with van der Waals surface area (Å²) in [6.45, 7) is 8.91. The Morgan fingerprint density at radius 3 is 2.38 bits per heavy atom. The zero-order valence-corrected chi connectivity index (χ0v) is 17.7. The van der Waals surface area contributed by atoms with Gasteiger partial charge in [-0.15, -0.1) is 0 Å². The average molecular weight is 396 g/mol. The Morgan fingerprint density at radius 1 is 1.03 bits per heavy atom. The molecule has 2 aromatic heterocycles. The first-order valence-corrected chi connectivity index (χ1v) is 9.98. The van der Waals surface area contributed by atoms with Gasteiger partial charge in [0.15, 0.2) is 5.65 Å². The Kier molecular flexibility index (Phi) is 6.06. The summed E-state index contributed by atoms with van der Waals surface area (Å²) in [6.07, 6.45) is 5.27. The molecule has 0 amide bonds. The van der Waals surface area contributed by atoms with Crippen molar-refractivity contribution in [3.63, 3.8) is 0 Å². The molecule has 0 saturated carbocycles. The first kappa shape index (κ1) is 20.6. The van der Waals surface area contributed by atoms with Gasteiger partial charge in [-0.2, -0.15) is 0 Å². The highest BCUT2D eigenvalue weighted by Gasteiger charge is 2.16. The minimum absolute atomic E-state index is 0.296. The van der Waals surface area contributed by atoms with Crippen LogP contribution in [0.1, 0.15) is 49.2 Å². The van der Waals surface area contributed by atoms with E-state index < -0.39 is 0 Å². The van der Waals surface area contributed by atoms with E-state index >= 15 is 0 Å². The fourth-order valence-corrected chi connectivity index (χ4v) is 3.50. The molecule has 1 aromatic carbocycles. The molecule has 7 nitrogen and oxygen atoms in total. The van der Waals surface area contributed by atoms with E-state index in [1.807, 2.05) is 52.0 Å². The SMILES string of the molecule is CCCn1c(=O)c2[nH]c(/C=C/c3ccc(OC)c(C)c3C)nc2n(CCC)c1=O. The number of nitrogens with one attached hydrogen (secondary N) is 1. The van der Waals surface area contributed by atoms with Crippen molar-refractivity contribution in [3.05, 3.63) is 55.5 Å². The molecule has 0 saturated heterocycles. The maximum absolute atomic E-state index is 12.8. The minimum atomic E-state index is -0.317. The van der Waals surface area contributed by atoms with Gasteiger partial charge in [-0.1, -0.05) is 26.0 Å². The summed E-state index contributed by atoms with van der Waals surface area (Å²) in [7, 11) is 1.66. The maximum atomic E-state index is 12.8. The van der Waals surface area contributed by atoms with Crippen molar-refractivity contribution in [1.29, 1.82) is 0 Å². The lowest BCUT2D eigenvalue weighted by Gasteiger charge is -2.09.